The fourth-order valence-corrected chi connectivity index (χ4v) is 5.57. The van der Waals surface area contributed by atoms with Gasteiger partial charge < -0.3 is 14.4 Å². The van der Waals surface area contributed by atoms with E-state index in [0.29, 0.717) is 6.54 Å². The second-order valence-electron chi connectivity index (χ2n) is 9.50. The van der Waals surface area contributed by atoms with Crippen LogP contribution in [0, 0.1) is 5.92 Å². The number of carboxylic acids is 1. The number of nitrogens with zero attached hydrogens (tertiary/aromatic N) is 2. The van der Waals surface area contributed by atoms with Crippen molar-refractivity contribution in [2.45, 2.75) is 45.4 Å². The molecule has 172 valence electrons. The Morgan fingerprint density at radius 2 is 1.76 bits per heavy atom. The summed E-state index contributed by atoms with van der Waals surface area (Å²) in [4.78, 5) is 27.3. The Balaban J connectivity index is 1.45. The van der Waals surface area contributed by atoms with Crippen LogP contribution >= 0.6 is 0 Å². The van der Waals surface area contributed by atoms with Gasteiger partial charge in [0.25, 0.3) is 0 Å². The summed E-state index contributed by atoms with van der Waals surface area (Å²) in [6, 6.07) is 15.1. The van der Waals surface area contributed by atoms with Crippen LogP contribution in [-0.2, 0) is 17.7 Å². The van der Waals surface area contributed by atoms with Crippen molar-refractivity contribution in [2.24, 2.45) is 5.92 Å². The fourth-order valence-electron chi connectivity index (χ4n) is 5.57. The first-order valence-corrected chi connectivity index (χ1v) is 11.7. The molecule has 3 atom stereocenters. The van der Waals surface area contributed by atoms with Crippen LogP contribution in [0.15, 0.2) is 48.5 Å². The van der Waals surface area contributed by atoms with Crippen molar-refractivity contribution in [3.05, 3.63) is 70.9 Å². The molecule has 6 heteroatoms. The van der Waals surface area contributed by atoms with Crippen LogP contribution in [0.3, 0.4) is 0 Å². The standard InChI is InChI=1S/C27H30N2O4/c1-17-13-28(14-18(2)33-17)16-21-11-12-24-25(26(21)30)22-5-3-4-6-23(22)29(24)15-19-7-9-20(10-8-19)27(31)32/h3-10,17-18,21H,11-16H2,1-2H3,(H,31,32). The number of para-hydroxylation sites is 1. The summed E-state index contributed by atoms with van der Waals surface area (Å²) in [5.41, 5.74) is 4.34. The number of hydrogen-bond acceptors (Lipinski definition) is 4. The van der Waals surface area contributed by atoms with Gasteiger partial charge in [-0.15, -0.1) is 0 Å². The molecule has 1 N–H and O–H groups in total. The van der Waals surface area contributed by atoms with Gasteiger partial charge in [-0.3, -0.25) is 9.69 Å². The van der Waals surface area contributed by atoms with E-state index in [-0.39, 0.29) is 29.5 Å². The molecule has 2 aliphatic rings. The quantitative estimate of drug-likeness (QED) is 0.635. The minimum atomic E-state index is -0.925. The maximum Gasteiger partial charge on any atom is 0.335 e. The third-order valence-electron chi connectivity index (χ3n) is 6.94. The Morgan fingerprint density at radius 1 is 1.06 bits per heavy atom. The molecule has 2 heterocycles. The van der Waals surface area contributed by atoms with Crippen molar-refractivity contribution in [1.29, 1.82) is 0 Å². The first kappa shape index (κ1) is 21.9. The molecule has 0 spiro atoms. The van der Waals surface area contributed by atoms with Gasteiger partial charge in [-0.2, -0.15) is 0 Å². The number of carboxylic acid groups (broad SMARTS) is 1. The first-order valence-electron chi connectivity index (χ1n) is 11.7. The molecule has 6 nitrogen and oxygen atoms in total. The average molecular weight is 447 g/mol. The zero-order valence-corrected chi connectivity index (χ0v) is 19.2. The average Bonchev–Trinajstić information content (AvgIpc) is 3.10. The van der Waals surface area contributed by atoms with E-state index in [1.807, 2.05) is 24.3 Å². The van der Waals surface area contributed by atoms with Crippen molar-refractivity contribution >= 4 is 22.7 Å². The molecule has 0 saturated carbocycles. The molecule has 1 aliphatic heterocycles. The lowest BCUT2D eigenvalue weighted by Crippen LogP contribution is -2.48. The number of aromatic carboxylic acids is 1. The van der Waals surface area contributed by atoms with Crippen molar-refractivity contribution in [3.63, 3.8) is 0 Å². The molecule has 2 aromatic carbocycles. The summed E-state index contributed by atoms with van der Waals surface area (Å²) < 4.78 is 8.11. The molecular weight excluding hydrogens is 416 g/mol. The number of aromatic nitrogens is 1. The molecule has 1 fully saturated rings. The molecule has 0 radical (unpaired) electrons. The van der Waals surface area contributed by atoms with Crippen LogP contribution in [0.4, 0.5) is 0 Å². The molecule has 3 aromatic rings. The third-order valence-corrected chi connectivity index (χ3v) is 6.94. The number of ketones is 1. The van der Waals surface area contributed by atoms with Crippen LogP contribution in [0.1, 0.15) is 52.2 Å². The zero-order chi connectivity index (χ0) is 23.1. The van der Waals surface area contributed by atoms with E-state index >= 15 is 0 Å². The van der Waals surface area contributed by atoms with Gasteiger partial charge in [0.2, 0.25) is 0 Å². The van der Waals surface area contributed by atoms with E-state index in [1.54, 1.807) is 12.1 Å². The van der Waals surface area contributed by atoms with Gasteiger partial charge in [0.1, 0.15) is 0 Å². The predicted octanol–water partition coefficient (Wildman–Crippen LogP) is 4.24. The highest BCUT2D eigenvalue weighted by atomic mass is 16.5. The number of benzene rings is 2. The maximum atomic E-state index is 13.7. The van der Waals surface area contributed by atoms with Gasteiger partial charge in [-0.25, -0.2) is 4.79 Å². The highest BCUT2D eigenvalue weighted by Gasteiger charge is 2.35. The van der Waals surface area contributed by atoms with E-state index in [4.69, 9.17) is 4.74 Å². The molecule has 33 heavy (non-hydrogen) atoms. The number of carbonyl (C=O) groups excluding carboxylic acids is 1. The predicted molar refractivity (Wildman–Crippen MR) is 127 cm³/mol. The molecule has 1 saturated heterocycles. The van der Waals surface area contributed by atoms with Gasteiger partial charge >= 0.3 is 5.97 Å². The van der Waals surface area contributed by atoms with E-state index in [1.165, 1.54) is 0 Å². The number of morpholine rings is 1. The highest BCUT2D eigenvalue weighted by molar-refractivity contribution is 6.11. The van der Waals surface area contributed by atoms with Gasteiger partial charge in [0.15, 0.2) is 5.78 Å². The summed E-state index contributed by atoms with van der Waals surface area (Å²) in [6.45, 7) is 7.34. The fraction of sp³-hybridized carbons (Fsp3) is 0.407. The summed E-state index contributed by atoms with van der Waals surface area (Å²) in [7, 11) is 0. The Bertz CT molecular complexity index is 1190. The first-order chi connectivity index (χ1) is 15.9. The largest absolute Gasteiger partial charge is 0.478 e. The maximum absolute atomic E-state index is 13.7. The highest BCUT2D eigenvalue weighted by Crippen LogP contribution is 2.35. The third kappa shape index (κ3) is 4.21. The van der Waals surface area contributed by atoms with E-state index in [0.717, 1.165) is 60.2 Å². The lowest BCUT2D eigenvalue weighted by atomic mass is 9.84. The minimum absolute atomic E-state index is 0.00380. The number of Topliss-reactive ketones (excluding diaryl/α,β-unsaturated/α-hetero) is 1. The summed E-state index contributed by atoms with van der Waals surface area (Å²) >= 11 is 0. The summed E-state index contributed by atoms with van der Waals surface area (Å²) in [5, 5.41) is 10.2. The molecule has 5 rings (SSSR count). The Labute approximate surface area is 193 Å². The lowest BCUT2D eigenvalue weighted by molar-refractivity contribution is -0.0707. The molecule has 1 aromatic heterocycles. The molecule has 1 aliphatic carbocycles. The lowest BCUT2D eigenvalue weighted by Gasteiger charge is -2.37. The molecule has 0 bridgehead atoms. The Kier molecular flexibility index (Phi) is 5.81. The van der Waals surface area contributed by atoms with E-state index in [2.05, 4.69) is 35.4 Å². The normalized spacial score (nSPS) is 23.6. The van der Waals surface area contributed by atoms with E-state index < -0.39 is 5.97 Å². The second kappa shape index (κ2) is 8.76. The number of fused-ring (bicyclic) bond motifs is 3. The van der Waals surface area contributed by atoms with Crippen LogP contribution < -0.4 is 0 Å². The van der Waals surface area contributed by atoms with Crippen molar-refractivity contribution in [1.82, 2.24) is 9.47 Å². The summed E-state index contributed by atoms with van der Waals surface area (Å²) in [6.07, 6.45) is 2.10. The minimum Gasteiger partial charge on any atom is -0.478 e. The number of ether oxygens (including phenoxy) is 1. The molecule has 0 amide bonds. The number of hydrogen-bond donors (Lipinski definition) is 1. The van der Waals surface area contributed by atoms with Crippen LogP contribution in [0.2, 0.25) is 0 Å². The molecule has 3 unspecified atom stereocenters. The van der Waals surface area contributed by atoms with Crippen molar-refractivity contribution in [3.8, 4) is 0 Å². The van der Waals surface area contributed by atoms with Crippen molar-refractivity contribution < 1.29 is 19.4 Å². The zero-order valence-electron chi connectivity index (χ0n) is 19.2. The number of rotatable bonds is 5. The summed E-state index contributed by atoms with van der Waals surface area (Å²) in [5.74, 6) is -0.672. The SMILES string of the molecule is CC1CN(CC2CCc3c(c4ccccc4n3Cc3ccc(C(=O)O)cc3)C2=O)CC(C)O1. The Hall–Kier alpha value is -2.96. The van der Waals surface area contributed by atoms with Gasteiger partial charge in [0.05, 0.1) is 17.8 Å². The smallest absolute Gasteiger partial charge is 0.335 e. The van der Waals surface area contributed by atoms with Gasteiger partial charge in [0, 0.05) is 54.3 Å². The van der Waals surface area contributed by atoms with Crippen LogP contribution in [0.25, 0.3) is 10.9 Å². The van der Waals surface area contributed by atoms with Gasteiger partial charge in [-0.1, -0.05) is 30.3 Å². The monoisotopic (exact) mass is 446 g/mol. The van der Waals surface area contributed by atoms with Crippen molar-refractivity contribution in [2.75, 3.05) is 19.6 Å². The topological polar surface area (TPSA) is 71.8 Å². The number of carbonyl (C=O) groups is 2. The molecular formula is C27H30N2O4. The van der Waals surface area contributed by atoms with Crippen LogP contribution in [-0.4, -0.2) is 58.2 Å². The van der Waals surface area contributed by atoms with Gasteiger partial charge in [-0.05, 0) is 50.5 Å². The Morgan fingerprint density at radius 3 is 2.45 bits per heavy atom. The van der Waals surface area contributed by atoms with E-state index in [9.17, 15) is 14.7 Å². The second-order valence-corrected chi connectivity index (χ2v) is 9.50. The van der Waals surface area contributed by atoms with Crippen LogP contribution in [0.5, 0.6) is 0 Å².